The Hall–Kier alpha value is -2.14. The number of carboxylic acid groups (broad SMARTS) is 1. The van der Waals surface area contributed by atoms with Crippen LogP contribution in [0.15, 0.2) is 30.5 Å². The van der Waals surface area contributed by atoms with E-state index in [9.17, 15) is 15.0 Å². The van der Waals surface area contributed by atoms with Crippen molar-refractivity contribution in [3.05, 3.63) is 36.0 Å². The van der Waals surface area contributed by atoms with Crippen molar-refractivity contribution in [2.24, 2.45) is 0 Å². The van der Waals surface area contributed by atoms with E-state index in [0.717, 1.165) is 24.2 Å². The molecule has 1 aromatic carbocycles. The van der Waals surface area contributed by atoms with Crippen LogP contribution in [0, 0.1) is 0 Å². The van der Waals surface area contributed by atoms with Gasteiger partial charge < -0.3 is 15.1 Å². The molecule has 5 heteroatoms. The van der Waals surface area contributed by atoms with E-state index < -0.39 is 5.97 Å². The third-order valence-electron chi connectivity index (χ3n) is 3.47. The molecule has 3 rings (SSSR count). The number of benzene rings is 1. The van der Waals surface area contributed by atoms with Crippen LogP contribution in [0.2, 0.25) is 0 Å². The van der Waals surface area contributed by atoms with E-state index in [1.54, 1.807) is 6.07 Å². The molecule has 1 aliphatic heterocycles. The predicted octanol–water partition coefficient (Wildman–Crippen LogP) is 1.50. The Balaban J connectivity index is 2.17. The number of aliphatic hydroxyl groups is 1. The van der Waals surface area contributed by atoms with Gasteiger partial charge in [-0.15, -0.1) is 0 Å². The number of β-amino-alcohol motifs (C(OH)–C–C–N with tert-alkyl or cyclic N) is 1. The normalized spacial score (nSPS) is 19.0. The highest BCUT2D eigenvalue weighted by Gasteiger charge is 2.23. The van der Waals surface area contributed by atoms with Gasteiger partial charge in [-0.1, -0.05) is 24.3 Å². The number of carboxylic acids is 1. The van der Waals surface area contributed by atoms with Gasteiger partial charge in [-0.2, -0.15) is 0 Å². The van der Waals surface area contributed by atoms with Crippen molar-refractivity contribution in [3.8, 4) is 0 Å². The number of fused-ring (bicyclic) bond motifs is 1. The second kappa shape index (κ2) is 4.51. The lowest BCUT2D eigenvalue weighted by Crippen LogP contribution is -2.22. The van der Waals surface area contributed by atoms with Crippen LogP contribution in [0.1, 0.15) is 16.8 Å². The minimum atomic E-state index is -0.975. The van der Waals surface area contributed by atoms with Crippen LogP contribution in [0.4, 0.5) is 5.82 Å². The second-order valence-corrected chi connectivity index (χ2v) is 4.73. The summed E-state index contributed by atoms with van der Waals surface area (Å²) in [7, 11) is 0. The van der Waals surface area contributed by atoms with Gasteiger partial charge in [-0.05, 0) is 6.42 Å². The van der Waals surface area contributed by atoms with Gasteiger partial charge in [0.2, 0.25) is 0 Å². The molecular weight excluding hydrogens is 244 g/mol. The zero-order valence-electron chi connectivity index (χ0n) is 10.3. The van der Waals surface area contributed by atoms with Crippen LogP contribution in [0.3, 0.4) is 0 Å². The first-order valence-corrected chi connectivity index (χ1v) is 6.21. The molecular formula is C14H14N2O3. The van der Waals surface area contributed by atoms with E-state index in [1.165, 1.54) is 6.20 Å². The highest BCUT2D eigenvalue weighted by atomic mass is 16.4. The molecule has 1 aromatic heterocycles. The number of aromatic carboxylic acids is 1. The molecule has 0 bridgehead atoms. The van der Waals surface area contributed by atoms with Crippen LogP contribution in [-0.2, 0) is 0 Å². The fourth-order valence-electron chi connectivity index (χ4n) is 2.53. The molecule has 1 aliphatic rings. The molecule has 2 aromatic rings. The lowest BCUT2D eigenvalue weighted by molar-refractivity contribution is 0.0698. The van der Waals surface area contributed by atoms with E-state index >= 15 is 0 Å². The van der Waals surface area contributed by atoms with Crippen molar-refractivity contribution in [1.82, 2.24) is 4.98 Å². The van der Waals surface area contributed by atoms with Gasteiger partial charge in [0.05, 0.1) is 11.7 Å². The summed E-state index contributed by atoms with van der Waals surface area (Å²) in [6.07, 6.45) is 1.78. The summed E-state index contributed by atoms with van der Waals surface area (Å²) < 4.78 is 0. The van der Waals surface area contributed by atoms with Crippen molar-refractivity contribution >= 4 is 22.6 Å². The fraction of sp³-hybridized carbons (Fsp3) is 0.286. The highest BCUT2D eigenvalue weighted by molar-refractivity contribution is 6.06. The summed E-state index contributed by atoms with van der Waals surface area (Å²) in [5, 5.41) is 20.3. The minimum absolute atomic E-state index is 0.207. The molecule has 98 valence electrons. The summed E-state index contributed by atoms with van der Waals surface area (Å²) in [5.74, 6) is -0.228. The average Bonchev–Trinajstić information content (AvgIpc) is 2.83. The number of aliphatic hydroxyl groups excluding tert-OH is 1. The number of rotatable bonds is 2. The van der Waals surface area contributed by atoms with Gasteiger partial charge in [0.1, 0.15) is 5.82 Å². The Kier molecular flexibility index (Phi) is 2.83. The number of pyridine rings is 1. The van der Waals surface area contributed by atoms with Crippen LogP contribution < -0.4 is 4.90 Å². The van der Waals surface area contributed by atoms with Crippen molar-refractivity contribution in [2.75, 3.05) is 18.0 Å². The maximum Gasteiger partial charge on any atom is 0.337 e. The summed E-state index contributed by atoms with van der Waals surface area (Å²) in [5.41, 5.74) is 0.207. The molecule has 0 aliphatic carbocycles. The van der Waals surface area contributed by atoms with Crippen LogP contribution in [-0.4, -0.2) is 40.4 Å². The standard InChI is InChI=1S/C14H14N2O3/c17-9-5-6-16(8-9)13-11-4-2-1-3-10(11)12(7-15-13)14(18)19/h1-4,7,9,17H,5-6,8H2,(H,18,19). The van der Waals surface area contributed by atoms with Crippen molar-refractivity contribution in [1.29, 1.82) is 0 Å². The molecule has 19 heavy (non-hydrogen) atoms. The third-order valence-corrected chi connectivity index (χ3v) is 3.47. The monoisotopic (exact) mass is 258 g/mol. The first-order chi connectivity index (χ1) is 9.16. The van der Waals surface area contributed by atoms with E-state index in [4.69, 9.17) is 0 Å². The average molecular weight is 258 g/mol. The lowest BCUT2D eigenvalue weighted by atomic mass is 10.1. The molecule has 1 atom stereocenters. The Bertz CT molecular complexity index is 642. The molecule has 2 heterocycles. The first-order valence-electron chi connectivity index (χ1n) is 6.21. The van der Waals surface area contributed by atoms with E-state index in [2.05, 4.69) is 4.98 Å². The number of hydrogen-bond donors (Lipinski definition) is 2. The van der Waals surface area contributed by atoms with Gasteiger partial charge in [-0.25, -0.2) is 9.78 Å². The van der Waals surface area contributed by atoms with Crippen LogP contribution in [0.25, 0.3) is 10.8 Å². The molecule has 0 saturated carbocycles. The van der Waals surface area contributed by atoms with Gasteiger partial charge in [0.15, 0.2) is 0 Å². The summed E-state index contributed by atoms with van der Waals surface area (Å²) in [6, 6.07) is 7.34. The number of hydrogen-bond acceptors (Lipinski definition) is 4. The predicted molar refractivity (Wildman–Crippen MR) is 71.5 cm³/mol. The Morgan fingerprint density at radius 2 is 2.05 bits per heavy atom. The van der Waals surface area contributed by atoms with Crippen LogP contribution >= 0.6 is 0 Å². The molecule has 2 N–H and O–H groups in total. The highest BCUT2D eigenvalue weighted by Crippen LogP contribution is 2.29. The maximum atomic E-state index is 11.2. The molecule has 1 unspecified atom stereocenters. The lowest BCUT2D eigenvalue weighted by Gasteiger charge is -2.19. The summed E-state index contributed by atoms with van der Waals surface area (Å²) in [6.45, 7) is 1.29. The largest absolute Gasteiger partial charge is 0.478 e. The zero-order chi connectivity index (χ0) is 13.4. The van der Waals surface area contributed by atoms with Crippen molar-refractivity contribution in [2.45, 2.75) is 12.5 Å². The molecule has 1 fully saturated rings. The quantitative estimate of drug-likeness (QED) is 0.854. The van der Waals surface area contributed by atoms with Gasteiger partial charge in [0, 0.05) is 30.1 Å². The second-order valence-electron chi connectivity index (χ2n) is 4.73. The summed E-state index contributed by atoms with van der Waals surface area (Å²) >= 11 is 0. The van der Waals surface area contributed by atoms with Crippen molar-refractivity contribution < 1.29 is 15.0 Å². The number of anilines is 1. The van der Waals surface area contributed by atoms with E-state index in [-0.39, 0.29) is 11.7 Å². The van der Waals surface area contributed by atoms with Crippen LogP contribution in [0.5, 0.6) is 0 Å². The third kappa shape index (κ3) is 2.02. The minimum Gasteiger partial charge on any atom is -0.478 e. The number of carbonyl (C=O) groups is 1. The Labute approximate surface area is 110 Å². The molecule has 5 nitrogen and oxygen atoms in total. The first kappa shape index (κ1) is 11.9. The molecule has 1 saturated heterocycles. The zero-order valence-corrected chi connectivity index (χ0v) is 10.3. The SMILES string of the molecule is O=C(O)c1cnc(N2CCC(O)C2)c2ccccc12. The van der Waals surface area contributed by atoms with Gasteiger partial charge in [0.25, 0.3) is 0 Å². The topological polar surface area (TPSA) is 73.7 Å². The maximum absolute atomic E-state index is 11.2. The fourth-order valence-corrected chi connectivity index (χ4v) is 2.53. The molecule has 0 radical (unpaired) electrons. The smallest absolute Gasteiger partial charge is 0.337 e. The summed E-state index contributed by atoms with van der Waals surface area (Å²) in [4.78, 5) is 17.5. The van der Waals surface area contributed by atoms with Gasteiger partial charge >= 0.3 is 5.97 Å². The molecule has 0 spiro atoms. The van der Waals surface area contributed by atoms with Crippen molar-refractivity contribution in [3.63, 3.8) is 0 Å². The van der Waals surface area contributed by atoms with Gasteiger partial charge in [-0.3, -0.25) is 0 Å². The molecule has 0 amide bonds. The van der Waals surface area contributed by atoms with E-state index in [0.29, 0.717) is 11.9 Å². The number of aromatic nitrogens is 1. The van der Waals surface area contributed by atoms with E-state index in [1.807, 2.05) is 23.1 Å². The number of nitrogens with zero attached hydrogens (tertiary/aromatic N) is 2. The Morgan fingerprint density at radius 3 is 2.68 bits per heavy atom. The Morgan fingerprint density at radius 1 is 1.32 bits per heavy atom.